The van der Waals surface area contributed by atoms with Gasteiger partial charge in [-0.3, -0.25) is 9.69 Å². The van der Waals surface area contributed by atoms with E-state index in [0.29, 0.717) is 38.0 Å². The Morgan fingerprint density at radius 3 is 2.23 bits per heavy atom. The fraction of sp³-hybridized carbons (Fsp3) is 0.0833. The van der Waals surface area contributed by atoms with E-state index in [2.05, 4.69) is 0 Å². The summed E-state index contributed by atoms with van der Waals surface area (Å²) in [6.45, 7) is 2.32. The number of amides is 1. The van der Waals surface area contributed by atoms with Gasteiger partial charge in [0.2, 0.25) is 0 Å². The highest BCUT2D eigenvalue weighted by atomic mass is 35.5. The third-order valence-electron chi connectivity index (χ3n) is 4.41. The van der Waals surface area contributed by atoms with Crippen molar-refractivity contribution in [3.05, 3.63) is 93.3 Å². The molecule has 1 saturated heterocycles. The van der Waals surface area contributed by atoms with Gasteiger partial charge in [0.25, 0.3) is 5.91 Å². The third-order valence-corrected chi connectivity index (χ3v) is 5.94. The first kappa shape index (κ1) is 21.5. The maximum Gasteiger partial charge on any atom is 0.271 e. The molecule has 4 nitrogen and oxygen atoms in total. The highest BCUT2D eigenvalue weighted by molar-refractivity contribution is 8.19. The number of halogens is 2. The fourth-order valence-electron chi connectivity index (χ4n) is 3.06. The summed E-state index contributed by atoms with van der Waals surface area (Å²) in [7, 11) is 0. The molecule has 1 amide bonds. The lowest BCUT2D eigenvalue weighted by molar-refractivity contribution is -0.113. The Morgan fingerprint density at radius 1 is 1.00 bits per heavy atom. The standard InChI is InChI=1S/C24H18Cl2N2O2S/c1-2-30-22-19(25)13-16(14-20(22)26)15-21-23(29)28(18-11-7-4-8-12-18)24(31-21)27-17-9-5-3-6-10-17/h3-15H,2H2,1H3/b21-15+,27-24?. The number of hydrogen-bond acceptors (Lipinski definition) is 4. The minimum Gasteiger partial charge on any atom is -0.491 e. The number of benzene rings is 3. The van der Waals surface area contributed by atoms with Crippen molar-refractivity contribution in [3.63, 3.8) is 0 Å². The molecule has 0 spiro atoms. The average molecular weight is 469 g/mol. The Labute approximate surface area is 195 Å². The molecule has 4 rings (SSSR count). The minimum atomic E-state index is -0.160. The molecule has 0 saturated carbocycles. The van der Waals surface area contributed by atoms with Gasteiger partial charge in [-0.2, -0.15) is 0 Å². The van der Waals surface area contributed by atoms with Crippen molar-refractivity contribution in [3.8, 4) is 5.75 Å². The molecule has 31 heavy (non-hydrogen) atoms. The molecule has 0 aromatic heterocycles. The largest absolute Gasteiger partial charge is 0.491 e. The molecule has 0 radical (unpaired) electrons. The Balaban J connectivity index is 1.75. The predicted octanol–water partition coefficient (Wildman–Crippen LogP) is 7.20. The quantitative estimate of drug-likeness (QED) is 0.371. The molecule has 0 bridgehead atoms. The number of carbonyl (C=O) groups is 1. The second-order valence-corrected chi connectivity index (χ2v) is 8.39. The first-order chi connectivity index (χ1) is 15.1. The van der Waals surface area contributed by atoms with Crippen LogP contribution in [-0.4, -0.2) is 17.7 Å². The molecule has 1 fully saturated rings. The lowest BCUT2D eigenvalue weighted by Crippen LogP contribution is -2.28. The van der Waals surface area contributed by atoms with Gasteiger partial charge in [-0.25, -0.2) is 4.99 Å². The summed E-state index contributed by atoms with van der Waals surface area (Å²) in [5.74, 6) is 0.280. The predicted molar refractivity (Wildman–Crippen MR) is 131 cm³/mol. The number of carbonyl (C=O) groups excluding carboxylic acids is 1. The number of anilines is 1. The van der Waals surface area contributed by atoms with Crippen LogP contribution in [0.3, 0.4) is 0 Å². The Kier molecular flexibility index (Phi) is 6.66. The molecule has 0 aliphatic carbocycles. The van der Waals surface area contributed by atoms with E-state index in [9.17, 15) is 4.79 Å². The summed E-state index contributed by atoms with van der Waals surface area (Å²) >= 11 is 14.0. The van der Waals surface area contributed by atoms with Crippen molar-refractivity contribution in [2.75, 3.05) is 11.5 Å². The van der Waals surface area contributed by atoms with Crippen LogP contribution in [0.15, 0.2) is 82.7 Å². The number of aliphatic imine (C=N–C) groups is 1. The molecule has 3 aromatic carbocycles. The van der Waals surface area contributed by atoms with Gasteiger partial charge in [0, 0.05) is 0 Å². The first-order valence-electron chi connectivity index (χ1n) is 9.61. The molecule has 7 heteroatoms. The van der Waals surface area contributed by atoms with E-state index in [-0.39, 0.29) is 5.91 Å². The average Bonchev–Trinajstić information content (AvgIpc) is 3.06. The van der Waals surface area contributed by atoms with Gasteiger partial charge < -0.3 is 4.74 Å². The monoisotopic (exact) mass is 468 g/mol. The second-order valence-electron chi connectivity index (χ2n) is 6.56. The smallest absolute Gasteiger partial charge is 0.271 e. The fourth-order valence-corrected chi connectivity index (χ4v) is 4.68. The molecule has 0 unspecified atom stereocenters. The van der Waals surface area contributed by atoms with Gasteiger partial charge in [0.1, 0.15) is 0 Å². The van der Waals surface area contributed by atoms with Crippen LogP contribution in [0.5, 0.6) is 5.75 Å². The SMILES string of the molecule is CCOc1c(Cl)cc(/C=C2/SC(=Nc3ccccc3)N(c3ccccc3)C2=O)cc1Cl. The normalized spacial score (nSPS) is 16.4. The zero-order chi connectivity index (χ0) is 21.8. The third kappa shape index (κ3) is 4.79. The van der Waals surface area contributed by atoms with Gasteiger partial charge in [0.15, 0.2) is 10.9 Å². The van der Waals surface area contributed by atoms with E-state index in [1.54, 1.807) is 23.1 Å². The van der Waals surface area contributed by atoms with Gasteiger partial charge in [0.05, 0.1) is 32.9 Å². The Morgan fingerprint density at radius 2 is 1.61 bits per heavy atom. The number of rotatable bonds is 5. The van der Waals surface area contributed by atoms with Crippen LogP contribution in [0.4, 0.5) is 11.4 Å². The van der Waals surface area contributed by atoms with Crippen molar-refractivity contribution in [1.29, 1.82) is 0 Å². The summed E-state index contributed by atoms with van der Waals surface area (Å²) in [5.41, 5.74) is 2.23. The number of hydrogen-bond donors (Lipinski definition) is 0. The number of ether oxygens (including phenoxy) is 1. The zero-order valence-electron chi connectivity index (χ0n) is 16.6. The van der Waals surface area contributed by atoms with Crippen molar-refractivity contribution >= 4 is 63.5 Å². The Bertz CT molecular complexity index is 1140. The van der Waals surface area contributed by atoms with Crippen LogP contribution in [-0.2, 0) is 4.79 Å². The van der Waals surface area contributed by atoms with E-state index in [1.165, 1.54) is 11.8 Å². The van der Waals surface area contributed by atoms with E-state index in [4.69, 9.17) is 32.9 Å². The van der Waals surface area contributed by atoms with Crippen molar-refractivity contribution in [1.82, 2.24) is 0 Å². The van der Waals surface area contributed by atoms with Crippen LogP contribution < -0.4 is 9.64 Å². The lowest BCUT2D eigenvalue weighted by Gasteiger charge is -2.15. The highest BCUT2D eigenvalue weighted by Gasteiger charge is 2.34. The number of nitrogens with zero attached hydrogens (tertiary/aromatic N) is 2. The van der Waals surface area contributed by atoms with E-state index in [1.807, 2.05) is 67.6 Å². The van der Waals surface area contributed by atoms with E-state index >= 15 is 0 Å². The number of para-hydroxylation sites is 2. The molecular formula is C24H18Cl2N2O2S. The minimum absolute atomic E-state index is 0.160. The maximum absolute atomic E-state index is 13.3. The van der Waals surface area contributed by atoms with Crippen LogP contribution in [0.25, 0.3) is 6.08 Å². The van der Waals surface area contributed by atoms with E-state index < -0.39 is 0 Å². The maximum atomic E-state index is 13.3. The summed E-state index contributed by atoms with van der Waals surface area (Å²) in [5, 5.41) is 1.38. The van der Waals surface area contributed by atoms with Crippen molar-refractivity contribution in [2.45, 2.75) is 6.92 Å². The zero-order valence-corrected chi connectivity index (χ0v) is 18.9. The molecule has 0 N–H and O–H groups in total. The van der Waals surface area contributed by atoms with Crippen LogP contribution in [0, 0.1) is 0 Å². The number of thioether (sulfide) groups is 1. The van der Waals surface area contributed by atoms with Gasteiger partial charge in [-0.05, 0) is 66.7 Å². The van der Waals surface area contributed by atoms with Crippen molar-refractivity contribution < 1.29 is 9.53 Å². The first-order valence-corrected chi connectivity index (χ1v) is 11.2. The highest BCUT2D eigenvalue weighted by Crippen LogP contribution is 2.39. The van der Waals surface area contributed by atoms with E-state index in [0.717, 1.165) is 11.4 Å². The summed E-state index contributed by atoms with van der Waals surface area (Å²) in [4.78, 5) is 20.2. The summed E-state index contributed by atoms with van der Waals surface area (Å²) in [6.07, 6.45) is 1.77. The van der Waals surface area contributed by atoms with Crippen LogP contribution in [0.2, 0.25) is 10.0 Å². The molecule has 156 valence electrons. The molecule has 1 heterocycles. The summed E-state index contributed by atoms with van der Waals surface area (Å²) < 4.78 is 5.49. The molecular weight excluding hydrogens is 451 g/mol. The Hall–Kier alpha value is -2.73. The topological polar surface area (TPSA) is 41.9 Å². The second kappa shape index (κ2) is 9.60. The molecule has 1 aliphatic heterocycles. The van der Waals surface area contributed by atoms with Gasteiger partial charge >= 0.3 is 0 Å². The lowest BCUT2D eigenvalue weighted by atomic mass is 10.2. The molecule has 1 aliphatic rings. The number of amidine groups is 1. The summed E-state index contributed by atoms with van der Waals surface area (Å²) in [6, 6.07) is 22.5. The van der Waals surface area contributed by atoms with Crippen LogP contribution in [0.1, 0.15) is 12.5 Å². The molecule has 0 atom stereocenters. The molecule has 3 aromatic rings. The van der Waals surface area contributed by atoms with Gasteiger partial charge in [-0.1, -0.05) is 59.6 Å². The van der Waals surface area contributed by atoms with Crippen molar-refractivity contribution in [2.24, 2.45) is 4.99 Å². The van der Waals surface area contributed by atoms with Crippen LogP contribution >= 0.6 is 35.0 Å². The van der Waals surface area contributed by atoms with Gasteiger partial charge in [-0.15, -0.1) is 0 Å².